The molecular formula is C14H11ClO2S. The minimum Gasteiger partial charge on any atom is -0.478 e. The standard InChI is InChI=1S/C14H11ClO2S/c15-9-10-6-7-12(8-13(10)14(16)17)18-11-4-2-1-3-5-11/h1-8H,9H2,(H,16,17). The zero-order chi connectivity index (χ0) is 13.0. The molecule has 2 aromatic carbocycles. The lowest BCUT2D eigenvalue weighted by molar-refractivity contribution is 0.0695. The van der Waals surface area contributed by atoms with Gasteiger partial charge in [-0.05, 0) is 29.8 Å². The first-order valence-electron chi connectivity index (χ1n) is 5.36. The predicted octanol–water partition coefficient (Wildman–Crippen LogP) is 4.27. The van der Waals surface area contributed by atoms with Gasteiger partial charge < -0.3 is 5.11 Å². The van der Waals surface area contributed by atoms with Crippen LogP contribution < -0.4 is 0 Å². The average molecular weight is 279 g/mol. The minimum atomic E-state index is -0.943. The molecule has 0 aromatic heterocycles. The highest BCUT2D eigenvalue weighted by Gasteiger charge is 2.10. The predicted molar refractivity (Wildman–Crippen MR) is 73.5 cm³/mol. The molecule has 18 heavy (non-hydrogen) atoms. The van der Waals surface area contributed by atoms with Crippen molar-refractivity contribution in [3.63, 3.8) is 0 Å². The molecule has 0 heterocycles. The van der Waals surface area contributed by atoms with Crippen LogP contribution in [0.25, 0.3) is 0 Å². The summed E-state index contributed by atoms with van der Waals surface area (Å²) in [5, 5.41) is 9.12. The van der Waals surface area contributed by atoms with Crippen molar-refractivity contribution < 1.29 is 9.90 Å². The second-order valence-corrected chi connectivity index (χ2v) is 5.09. The Morgan fingerprint density at radius 1 is 1.11 bits per heavy atom. The Morgan fingerprint density at radius 2 is 1.83 bits per heavy atom. The van der Waals surface area contributed by atoms with Crippen LogP contribution in [0.5, 0.6) is 0 Å². The molecule has 0 unspecified atom stereocenters. The third-order valence-corrected chi connectivity index (χ3v) is 3.72. The molecule has 0 bridgehead atoms. The van der Waals surface area contributed by atoms with Gasteiger partial charge >= 0.3 is 5.97 Å². The van der Waals surface area contributed by atoms with E-state index < -0.39 is 5.97 Å². The molecule has 0 amide bonds. The fraction of sp³-hybridized carbons (Fsp3) is 0.0714. The van der Waals surface area contributed by atoms with Crippen molar-refractivity contribution in [2.75, 3.05) is 0 Å². The first-order valence-corrected chi connectivity index (χ1v) is 6.71. The summed E-state index contributed by atoms with van der Waals surface area (Å²) in [4.78, 5) is 13.1. The maximum Gasteiger partial charge on any atom is 0.336 e. The van der Waals surface area contributed by atoms with Gasteiger partial charge in [-0.25, -0.2) is 4.79 Å². The first kappa shape index (κ1) is 13.0. The van der Waals surface area contributed by atoms with Crippen LogP contribution in [0.1, 0.15) is 15.9 Å². The highest BCUT2D eigenvalue weighted by atomic mass is 35.5. The van der Waals surface area contributed by atoms with E-state index in [1.165, 1.54) is 11.8 Å². The molecule has 0 aliphatic carbocycles. The summed E-state index contributed by atoms with van der Waals surface area (Å²) in [5.74, 6) is -0.737. The Hall–Kier alpha value is -1.45. The van der Waals surface area contributed by atoms with Gasteiger partial charge in [0.2, 0.25) is 0 Å². The van der Waals surface area contributed by atoms with E-state index in [9.17, 15) is 4.79 Å². The molecular weight excluding hydrogens is 268 g/mol. The van der Waals surface area contributed by atoms with E-state index >= 15 is 0 Å². The van der Waals surface area contributed by atoms with Gasteiger partial charge in [0, 0.05) is 15.7 Å². The van der Waals surface area contributed by atoms with Gasteiger partial charge in [0.1, 0.15) is 0 Å². The summed E-state index contributed by atoms with van der Waals surface area (Å²) in [6, 6.07) is 15.1. The van der Waals surface area contributed by atoms with E-state index in [1.807, 2.05) is 36.4 Å². The number of carboxylic acids is 1. The van der Waals surface area contributed by atoms with Gasteiger partial charge in [0.05, 0.1) is 5.56 Å². The molecule has 92 valence electrons. The van der Waals surface area contributed by atoms with Crippen molar-refractivity contribution in [2.24, 2.45) is 0 Å². The van der Waals surface area contributed by atoms with Crippen molar-refractivity contribution >= 4 is 29.3 Å². The van der Waals surface area contributed by atoms with Crippen LogP contribution in [0.15, 0.2) is 58.3 Å². The number of alkyl halides is 1. The van der Waals surface area contributed by atoms with Crippen LogP contribution in [0, 0.1) is 0 Å². The number of carbonyl (C=O) groups is 1. The van der Waals surface area contributed by atoms with Gasteiger partial charge in [-0.15, -0.1) is 11.6 Å². The van der Waals surface area contributed by atoms with E-state index in [1.54, 1.807) is 12.1 Å². The molecule has 4 heteroatoms. The quantitative estimate of drug-likeness (QED) is 0.849. The summed E-state index contributed by atoms with van der Waals surface area (Å²) in [6.07, 6.45) is 0. The Bertz CT molecular complexity index is 555. The number of hydrogen-bond acceptors (Lipinski definition) is 2. The Labute approximate surface area is 115 Å². The van der Waals surface area contributed by atoms with Crippen LogP contribution in [0.3, 0.4) is 0 Å². The van der Waals surface area contributed by atoms with Crippen LogP contribution in [0.2, 0.25) is 0 Å². The second-order valence-electron chi connectivity index (χ2n) is 3.67. The Kier molecular flexibility index (Phi) is 4.28. The zero-order valence-corrected chi connectivity index (χ0v) is 11.0. The molecule has 0 aliphatic rings. The smallest absolute Gasteiger partial charge is 0.336 e. The van der Waals surface area contributed by atoms with Gasteiger partial charge in [-0.1, -0.05) is 36.0 Å². The normalized spacial score (nSPS) is 10.3. The third-order valence-electron chi connectivity index (χ3n) is 2.43. The molecule has 0 saturated heterocycles. The summed E-state index contributed by atoms with van der Waals surface area (Å²) in [7, 11) is 0. The van der Waals surface area contributed by atoms with Gasteiger partial charge in [-0.3, -0.25) is 0 Å². The van der Waals surface area contributed by atoms with Crippen LogP contribution >= 0.6 is 23.4 Å². The third kappa shape index (κ3) is 3.06. The number of aromatic carboxylic acids is 1. The summed E-state index contributed by atoms with van der Waals surface area (Å²) >= 11 is 7.25. The second kappa shape index (κ2) is 5.94. The van der Waals surface area contributed by atoms with Crippen molar-refractivity contribution in [3.05, 3.63) is 59.7 Å². The number of carboxylic acid groups (broad SMARTS) is 1. The number of hydrogen-bond donors (Lipinski definition) is 1. The zero-order valence-electron chi connectivity index (χ0n) is 9.47. The topological polar surface area (TPSA) is 37.3 Å². The highest BCUT2D eigenvalue weighted by Crippen LogP contribution is 2.29. The number of rotatable bonds is 4. The SMILES string of the molecule is O=C(O)c1cc(Sc2ccccc2)ccc1CCl. The monoisotopic (exact) mass is 278 g/mol. The van der Waals surface area contributed by atoms with Crippen molar-refractivity contribution in [2.45, 2.75) is 15.7 Å². The maximum absolute atomic E-state index is 11.1. The van der Waals surface area contributed by atoms with E-state index in [0.717, 1.165) is 9.79 Å². The van der Waals surface area contributed by atoms with E-state index in [2.05, 4.69) is 0 Å². The molecule has 0 fully saturated rings. The van der Waals surface area contributed by atoms with Crippen LogP contribution in [-0.4, -0.2) is 11.1 Å². The molecule has 1 N–H and O–H groups in total. The summed E-state index contributed by atoms with van der Waals surface area (Å²) in [6.45, 7) is 0. The van der Waals surface area contributed by atoms with Gasteiger partial charge in [-0.2, -0.15) is 0 Å². The van der Waals surface area contributed by atoms with Crippen LogP contribution in [-0.2, 0) is 5.88 Å². The molecule has 0 saturated carbocycles. The number of benzene rings is 2. The lowest BCUT2D eigenvalue weighted by atomic mass is 10.1. The largest absolute Gasteiger partial charge is 0.478 e. The molecule has 2 nitrogen and oxygen atoms in total. The number of halogens is 1. The van der Waals surface area contributed by atoms with E-state index in [-0.39, 0.29) is 11.4 Å². The van der Waals surface area contributed by atoms with Crippen molar-refractivity contribution in [1.29, 1.82) is 0 Å². The lowest BCUT2D eigenvalue weighted by Gasteiger charge is -2.06. The van der Waals surface area contributed by atoms with Gasteiger partial charge in [0.25, 0.3) is 0 Å². The lowest BCUT2D eigenvalue weighted by Crippen LogP contribution is -2.01. The Morgan fingerprint density at radius 3 is 2.44 bits per heavy atom. The molecule has 0 atom stereocenters. The minimum absolute atomic E-state index is 0.206. The molecule has 0 radical (unpaired) electrons. The average Bonchev–Trinajstić information content (AvgIpc) is 2.40. The fourth-order valence-corrected chi connectivity index (χ4v) is 2.67. The van der Waals surface area contributed by atoms with Crippen molar-refractivity contribution in [3.8, 4) is 0 Å². The van der Waals surface area contributed by atoms with Crippen LogP contribution in [0.4, 0.5) is 0 Å². The van der Waals surface area contributed by atoms with E-state index in [4.69, 9.17) is 16.7 Å². The summed E-state index contributed by atoms with van der Waals surface area (Å²) < 4.78 is 0. The fourth-order valence-electron chi connectivity index (χ4n) is 1.56. The molecule has 2 aromatic rings. The highest BCUT2D eigenvalue weighted by molar-refractivity contribution is 7.99. The van der Waals surface area contributed by atoms with E-state index in [0.29, 0.717) is 5.56 Å². The van der Waals surface area contributed by atoms with Gasteiger partial charge in [0.15, 0.2) is 0 Å². The summed E-state index contributed by atoms with van der Waals surface area (Å²) in [5.41, 5.74) is 0.910. The molecule has 0 spiro atoms. The Balaban J connectivity index is 2.30. The first-order chi connectivity index (χ1) is 8.70. The maximum atomic E-state index is 11.1. The molecule has 0 aliphatic heterocycles. The molecule has 2 rings (SSSR count). The van der Waals surface area contributed by atoms with Crippen molar-refractivity contribution in [1.82, 2.24) is 0 Å².